The first-order chi connectivity index (χ1) is 22.0. The van der Waals surface area contributed by atoms with E-state index in [1.807, 2.05) is 68.4 Å². The quantitative estimate of drug-likeness (QED) is 0.177. The van der Waals surface area contributed by atoms with Crippen LogP contribution in [0.5, 0.6) is 11.5 Å². The highest BCUT2D eigenvalue weighted by molar-refractivity contribution is 9.10. The van der Waals surface area contributed by atoms with E-state index >= 15 is 0 Å². The second-order valence-electron chi connectivity index (χ2n) is 10.9. The van der Waals surface area contributed by atoms with Crippen LogP contribution < -0.4 is 19.1 Å². The van der Waals surface area contributed by atoms with Crippen LogP contribution in [0.1, 0.15) is 25.0 Å². The van der Waals surface area contributed by atoms with Gasteiger partial charge in [-0.3, -0.25) is 13.9 Å². The zero-order valence-electron chi connectivity index (χ0n) is 26.2. The van der Waals surface area contributed by atoms with Crippen molar-refractivity contribution < 1.29 is 27.5 Å². The second-order valence-corrected chi connectivity index (χ2v) is 13.7. The summed E-state index contributed by atoms with van der Waals surface area (Å²) in [4.78, 5) is 29.9. The number of amides is 2. The molecule has 0 aliphatic heterocycles. The maximum absolute atomic E-state index is 14.6. The number of benzene rings is 4. The molecule has 0 saturated carbocycles. The fourth-order valence-corrected chi connectivity index (χ4v) is 6.65. The van der Waals surface area contributed by atoms with Crippen molar-refractivity contribution in [2.75, 3.05) is 25.1 Å². The monoisotopic (exact) mass is 707 g/mol. The van der Waals surface area contributed by atoms with Crippen LogP contribution in [-0.2, 0) is 32.6 Å². The maximum Gasteiger partial charge on any atom is 0.264 e. The third-order valence-corrected chi connectivity index (χ3v) is 9.54. The Morgan fingerprint density at radius 2 is 1.46 bits per heavy atom. The Bertz CT molecular complexity index is 1720. The summed E-state index contributed by atoms with van der Waals surface area (Å²) in [7, 11) is -1.41. The second kappa shape index (κ2) is 15.8. The van der Waals surface area contributed by atoms with Gasteiger partial charge in [0.1, 0.15) is 24.1 Å². The molecule has 0 fully saturated rings. The van der Waals surface area contributed by atoms with E-state index in [2.05, 4.69) is 21.2 Å². The molecule has 9 nitrogen and oxygen atoms in total. The zero-order valence-corrected chi connectivity index (χ0v) is 28.6. The van der Waals surface area contributed by atoms with Gasteiger partial charge in [-0.2, -0.15) is 0 Å². The van der Waals surface area contributed by atoms with E-state index in [-0.39, 0.29) is 41.2 Å². The first-order valence-electron chi connectivity index (χ1n) is 14.7. The Morgan fingerprint density at radius 3 is 2.04 bits per heavy atom. The fraction of sp³-hybridized carbons (Fsp3) is 0.257. The van der Waals surface area contributed by atoms with Gasteiger partial charge in [0.2, 0.25) is 11.8 Å². The van der Waals surface area contributed by atoms with Crippen molar-refractivity contribution in [1.29, 1.82) is 0 Å². The minimum atomic E-state index is -4.30. The summed E-state index contributed by atoms with van der Waals surface area (Å²) in [5, 5.41) is 2.96. The molecule has 4 aromatic carbocycles. The third kappa shape index (κ3) is 8.67. The van der Waals surface area contributed by atoms with Crippen molar-refractivity contribution in [3.05, 3.63) is 119 Å². The van der Waals surface area contributed by atoms with Crippen molar-refractivity contribution in [2.24, 2.45) is 0 Å². The van der Waals surface area contributed by atoms with Crippen LogP contribution in [0.15, 0.2) is 112 Å². The highest BCUT2D eigenvalue weighted by Crippen LogP contribution is 2.36. The molecule has 4 aromatic rings. The number of nitrogens with one attached hydrogen (secondary N) is 1. The third-order valence-electron chi connectivity index (χ3n) is 7.23. The molecule has 46 heavy (non-hydrogen) atoms. The molecular weight excluding hydrogens is 670 g/mol. The summed E-state index contributed by atoms with van der Waals surface area (Å²) in [6.45, 7) is 3.14. The van der Waals surface area contributed by atoms with Gasteiger partial charge < -0.3 is 19.7 Å². The Kier molecular flexibility index (Phi) is 11.8. The lowest BCUT2D eigenvalue weighted by molar-refractivity contribution is -0.140. The Labute approximate surface area is 279 Å². The lowest BCUT2D eigenvalue weighted by Gasteiger charge is -2.34. The summed E-state index contributed by atoms with van der Waals surface area (Å²) in [6, 6.07) is 28.3. The van der Waals surface area contributed by atoms with Gasteiger partial charge in [0.05, 0.1) is 24.8 Å². The van der Waals surface area contributed by atoms with Crippen LogP contribution >= 0.6 is 15.9 Å². The Morgan fingerprint density at radius 1 is 0.826 bits per heavy atom. The molecule has 11 heteroatoms. The predicted molar refractivity (Wildman–Crippen MR) is 182 cm³/mol. The number of hydrogen-bond donors (Lipinski definition) is 1. The Balaban J connectivity index is 1.86. The van der Waals surface area contributed by atoms with E-state index in [1.54, 1.807) is 30.3 Å². The Hall–Kier alpha value is -4.35. The molecule has 1 atom stereocenters. The topological polar surface area (TPSA) is 105 Å². The first kappa shape index (κ1) is 34.5. The predicted octanol–water partition coefficient (Wildman–Crippen LogP) is 5.83. The smallest absolute Gasteiger partial charge is 0.264 e. The SMILES string of the molecule is COc1ccc(OC)c(N(CC(=O)N(Cc2ccc(Br)cc2)C(Cc2ccccc2)C(=O)NC(C)C)S(=O)(=O)c2ccccc2)c1. The van der Waals surface area contributed by atoms with E-state index in [0.717, 1.165) is 19.9 Å². The summed E-state index contributed by atoms with van der Waals surface area (Å²) in [6.07, 6.45) is 0.218. The van der Waals surface area contributed by atoms with Crippen LogP contribution in [-0.4, -0.2) is 58.0 Å². The number of hydrogen-bond acceptors (Lipinski definition) is 6. The average molecular weight is 709 g/mol. The van der Waals surface area contributed by atoms with E-state index in [4.69, 9.17) is 9.47 Å². The van der Waals surface area contributed by atoms with Gasteiger partial charge in [-0.05, 0) is 61.4 Å². The van der Waals surface area contributed by atoms with E-state index < -0.39 is 28.5 Å². The number of halogens is 1. The molecule has 0 saturated heterocycles. The number of nitrogens with zero attached hydrogens (tertiary/aromatic N) is 2. The lowest BCUT2D eigenvalue weighted by atomic mass is 10.0. The maximum atomic E-state index is 14.6. The minimum Gasteiger partial charge on any atom is -0.497 e. The minimum absolute atomic E-state index is 0.00878. The van der Waals surface area contributed by atoms with Gasteiger partial charge in [0.25, 0.3) is 10.0 Å². The van der Waals surface area contributed by atoms with Crippen LogP contribution in [0, 0.1) is 0 Å². The molecule has 0 heterocycles. The lowest BCUT2D eigenvalue weighted by Crippen LogP contribution is -2.54. The summed E-state index contributed by atoms with van der Waals surface area (Å²) in [5.41, 5.74) is 1.74. The standard InChI is InChI=1S/C35H38BrN3O6S/c1-25(2)37-35(41)32(21-26-11-7-5-8-12-26)38(23-27-15-17-28(36)18-16-27)34(40)24-39(46(42,43)30-13-9-6-10-14-30)31-22-29(44-3)19-20-33(31)45-4/h5-20,22,25,32H,21,23-24H2,1-4H3,(H,37,41). The zero-order chi connectivity index (χ0) is 33.3. The van der Waals surface area contributed by atoms with Crippen molar-refractivity contribution in [3.8, 4) is 11.5 Å². The molecule has 0 bridgehead atoms. The summed E-state index contributed by atoms with van der Waals surface area (Å²) >= 11 is 3.45. The molecule has 0 aliphatic carbocycles. The van der Waals surface area contributed by atoms with E-state index in [9.17, 15) is 18.0 Å². The van der Waals surface area contributed by atoms with Gasteiger partial charge in [0.15, 0.2) is 0 Å². The molecule has 0 aliphatic rings. The van der Waals surface area contributed by atoms with Crippen LogP contribution in [0.3, 0.4) is 0 Å². The van der Waals surface area contributed by atoms with Crippen LogP contribution in [0.2, 0.25) is 0 Å². The molecule has 0 spiro atoms. The molecule has 2 amide bonds. The number of carbonyl (C=O) groups excluding carboxylic acids is 2. The van der Waals surface area contributed by atoms with Crippen molar-refractivity contribution >= 4 is 43.5 Å². The van der Waals surface area contributed by atoms with Crippen LogP contribution in [0.4, 0.5) is 5.69 Å². The highest BCUT2D eigenvalue weighted by atomic mass is 79.9. The largest absolute Gasteiger partial charge is 0.497 e. The normalized spacial score (nSPS) is 11.9. The number of carbonyl (C=O) groups is 2. The summed E-state index contributed by atoms with van der Waals surface area (Å²) < 4.78 is 41.4. The van der Waals surface area contributed by atoms with Crippen molar-refractivity contribution in [3.63, 3.8) is 0 Å². The molecule has 0 radical (unpaired) electrons. The van der Waals surface area contributed by atoms with Gasteiger partial charge in [0, 0.05) is 29.5 Å². The molecule has 0 aromatic heterocycles. The van der Waals surface area contributed by atoms with E-state index in [1.165, 1.54) is 37.3 Å². The molecular formula is C35H38BrN3O6S. The number of methoxy groups -OCH3 is 2. The van der Waals surface area contributed by atoms with Gasteiger partial charge >= 0.3 is 0 Å². The van der Waals surface area contributed by atoms with Crippen molar-refractivity contribution in [1.82, 2.24) is 10.2 Å². The van der Waals surface area contributed by atoms with Crippen molar-refractivity contribution in [2.45, 2.75) is 43.8 Å². The van der Waals surface area contributed by atoms with Gasteiger partial charge in [-0.1, -0.05) is 76.6 Å². The highest BCUT2D eigenvalue weighted by Gasteiger charge is 2.36. The number of ether oxygens (including phenoxy) is 2. The average Bonchev–Trinajstić information content (AvgIpc) is 3.06. The summed E-state index contributed by atoms with van der Waals surface area (Å²) in [5.74, 6) is -0.319. The fourth-order valence-electron chi connectivity index (χ4n) is 4.95. The van der Waals surface area contributed by atoms with Gasteiger partial charge in [-0.25, -0.2) is 8.42 Å². The molecule has 1 N–H and O–H groups in total. The molecule has 242 valence electrons. The molecule has 1 unspecified atom stereocenters. The molecule has 4 rings (SSSR count). The number of rotatable bonds is 14. The number of sulfonamides is 1. The van der Waals surface area contributed by atoms with E-state index in [0.29, 0.717) is 5.75 Å². The number of anilines is 1. The van der Waals surface area contributed by atoms with Crippen LogP contribution in [0.25, 0.3) is 0 Å². The first-order valence-corrected chi connectivity index (χ1v) is 16.9. The van der Waals surface area contributed by atoms with Gasteiger partial charge in [-0.15, -0.1) is 0 Å².